The Morgan fingerprint density at radius 3 is 1.93 bits per heavy atom. The van der Waals surface area contributed by atoms with Crippen LogP contribution in [-0.4, -0.2) is 61.9 Å². The summed E-state index contributed by atoms with van der Waals surface area (Å²) >= 11 is 0. The Morgan fingerprint density at radius 2 is 1.71 bits per heavy atom. The summed E-state index contributed by atoms with van der Waals surface area (Å²) in [7, 11) is 0. The summed E-state index contributed by atoms with van der Waals surface area (Å²) in [5.74, 6) is -3.86. The highest BCUT2D eigenvalue weighted by molar-refractivity contribution is 5.83. The fourth-order valence-corrected chi connectivity index (χ4v) is 0.460. The molecule has 0 fully saturated rings. The minimum atomic E-state index is -2.48. The van der Waals surface area contributed by atoms with Gasteiger partial charge >= 0.3 is 11.9 Å². The van der Waals surface area contributed by atoms with Crippen molar-refractivity contribution < 1.29 is 34.8 Å². The molecule has 0 rings (SSSR count). The number of aliphatic carboxylic acids is 2. The third kappa shape index (κ3) is 4.61. The molecule has 9 nitrogen and oxygen atoms in total. The fourth-order valence-electron chi connectivity index (χ4n) is 0.460. The van der Waals surface area contributed by atoms with Crippen molar-refractivity contribution in [1.29, 1.82) is 0 Å². The van der Waals surface area contributed by atoms with Gasteiger partial charge in [-0.15, -0.1) is 10.1 Å². The Bertz CT molecular complexity index is 241. The molecule has 3 N–H and O–H groups in total. The first-order valence-corrected chi connectivity index (χ1v) is 2.81. The second-order valence-electron chi connectivity index (χ2n) is 1.87. The maximum atomic E-state index is 10.1. The van der Waals surface area contributed by atoms with E-state index < -0.39 is 29.2 Å². The van der Waals surface area contributed by atoms with Crippen molar-refractivity contribution in [3.63, 3.8) is 0 Å². The predicted octanol–water partition coefficient (Wildman–Crippen LogP) is -3.09. The van der Waals surface area contributed by atoms with Crippen LogP contribution in [0.3, 0.4) is 0 Å². The van der Waals surface area contributed by atoms with E-state index >= 15 is 0 Å². The van der Waals surface area contributed by atoms with Gasteiger partial charge in [0, 0.05) is 0 Å². The minimum Gasteiger partial charge on any atom is -0.480 e. The molecule has 0 aromatic heterocycles. The van der Waals surface area contributed by atoms with E-state index in [-0.39, 0.29) is 17.4 Å². The monoisotopic (exact) mass is 225 g/mol. The van der Waals surface area contributed by atoms with Gasteiger partial charge in [0.25, 0.3) is 5.09 Å². The number of carbonyl (C=O) groups is 2. The van der Waals surface area contributed by atoms with Gasteiger partial charge in [-0.2, -0.15) is 0 Å². The average Bonchev–Trinajstić information content (AvgIpc) is 1.97. The first-order valence-electron chi connectivity index (χ1n) is 2.81. The second-order valence-corrected chi connectivity index (χ2v) is 1.87. The van der Waals surface area contributed by atoms with Gasteiger partial charge in [-0.25, -0.2) is 9.59 Å². The molecule has 80 valence electrons. The maximum absolute atomic E-state index is 10.1. The van der Waals surface area contributed by atoms with E-state index in [4.69, 9.17) is 15.3 Å². The van der Waals surface area contributed by atoms with Gasteiger partial charge in [0.2, 0.25) is 6.10 Å². The van der Waals surface area contributed by atoms with Crippen molar-refractivity contribution >= 4 is 29.3 Å². The van der Waals surface area contributed by atoms with Crippen LogP contribution in [0.1, 0.15) is 0 Å². The lowest BCUT2D eigenvalue weighted by Crippen LogP contribution is -2.42. The van der Waals surface area contributed by atoms with Crippen LogP contribution in [0.5, 0.6) is 0 Å². The SMILES string of the molecule is O=C(O)C(O)C(O[N+](=O)[O-])C(=O)O.[AlH3]. The third-order valence-corrected chi connectivity index (χ3v) is 0.983. The minimum absolute atomic E-state index is 0. The molecule has 0 aromatic rings. The van der Waals surface area contributed by atoms with Crippen LogP contribution in [0, 0.1) is 10.1 Å². The molecule has 0 amide bonds. The molecule has 10 heteroatoms. The highest BCUT2D eigenvalue weighted by Gasteiger charge is 2.35. The zero-order chi connectivity index (χ0) is 10.6. The molecule has 0 bridgehead atoms. The lowest BCUT2D eigenvalue weighted by atomic mass is 10.2. The van der Waals surface area contributed by atoms with Gasteiger partial charge in [0.15, 0.2) is 23.5 Å². The van der Waals surface area contributed by atoms with Crippen LogP contribution in [0.2, 0.25) is 0 Å². The van der Waals surface area contributed by atoms with Crippen molar-refractivity contribution in [2.45, 2.75) is 12.2 Å². The van der Waals surface area contributed by atoms with Crippen molar-refractivity contribution in [1.82, 2.24) is 0 Å². The molecule has 0 saturated carbocycles. The zero-order valence-electron chi connectivity index (χ0n) is 5.98. The molecule has 0 aliphatic rings. The van der Waals surface area contributed by atoms with E-state index in [1.54, 1.807) is 0 Å². The van der Waals surface area contributed by atoms with Gasteiger partial charge < -0.3 is 15.3 Å². The molecule has 0 radical (unpaired) electrons. The molecule has 2 atom stereocenters. The predicted molar refractivity (Wildman–Crippen MR) is 43.1 cm³/mol. The molecule has 0 spiro atoms. The number of hydrogen-bond acceptors (Lipinski definition) is 6. The topological polar surface area (TPSA) is 147 Å². The molecular formula is C4H8AlNO8. The zero-order valence-corrected chi connectivity index (χ0v) is 5.98. The number of rotatable bonds is 5. The lowest BCUT2D eigenvalue weighted by molar-refractivity contribution is -0.766. The molecule has 2 unspecified atom stereocenters. The second kappa shape index (κ2) is 6.14. The highest BCUT2D eigenvalue weighted by Crippen LogP contribution is 2.00. The highest BCUT2D eigenvalue weighted by atomic mass is 27.0. The lowest BCUT2D eigenvalue weighted by Gasteiger charge is -2.12. The van der Waals surface area contributed by atoms with Crippen LogP contribution in [0.4, 0.5) is 0 Å². The summed E-state index contributed by atoms with van der Waals surface area (Å²) in [6.45, 7) is 0. The van der Waals surface area contributed by atoms with Crippen molar-refractivity contribution in [2.24, 2.45) is 0 Å². The molecule has 14 heavy (non-hydrogen) atoms. The van der Waals surface area contributed by atoms with E-state index in [1.807, 2.05) is 0 Å². The molecule has 0 aromatic carbocycles. The van der Waals surface area contributed by atoms with Crippen LogP contribution < -0.4 is 0 Å². The summed E-state index contributed by atoms with van der Waals surface area (Å²) < 4.78 is 0. The van der Waals surface area contributed by atoms with Gasteiger partial charge in [-0.1, -0.05) is 0 Å². The van der Waals surface area contributed by atoms with Gasteiger partial charge in [0.1, 0.15) is 0 Å². The van der Waals surface area contributed by atoms with E-state index in [0.717, 1.165) is 0 Å². The Balaban J connectivity index is 0. The first-order chi connectivity index (χ1) is 5.86. The number of carboxylic acid groups (broad SMARTS) is 2. The van der Waals surface area contributed by atoms with Gasteiger partial charge in [-0.05, 0) is 0 Å². The third-order valence-electron chi connectivity index (χ3n) is 0.983. The molecule has 0 saturated heterocycles. The number of aliphatic hydroxyl groups is 1. The fraction of sp³-hybridized carbons (Fsp3) is 0.500. The van der Waals surface area contributed by atoms with Gasteiger partial charge in [-0.3, -0.25) is 4.84 Å². The first kappa shape index (κ1) is 15.1. The maximum Gasteiger partial charge on any atom is 0.336 e. The van der Waals surface area contributed by atoms with E-state index in [1.165, 1.54) is 0 Å². The van der Waals surface area contributed by atoms with E-state index in [9.17, 15) is 19.7 Å². The summed E-state index contributed by atoms with van der Waals surface area (Å²) in [4.78, 5) is 33.2. The Hall–Kier alpha value is -1.37. The summed E-state index contributed by atoms with van der Waals surface area (Å²) in [6.07, 6.45) is -4.91. The summed E-state index contributed by atoms with van der Waals surface area (Å²) in [5, 5.41) is 33.0. The standard InChI is InChI=1S/C4H5NO8.Al.3H/c6-1(3(7)8)2(4(9)10)13-5(11)12;;;;/h1-2,6H,(H,7,8)(H,9,10);;;;. The molecule has 0 aliphatic heterocycles. The smallest absolute Gasteiger partial charge is 0.336 e. The van der Waals surface area contributed by atoms with Crippen LogP contribution >= 0.6 is 0 Å². The normalized spacial score (nSPS) is 13.2. The van der Waals surface area contributed by atoms with Gasteiger partial charge in [0.05, 0.1) is 0 Å². The Morgan fingerprint density at radius 1 is 1.29 bits per heavy atom. The summed E-state index contributed by atoms with van der Waals surface area (Å²) in [6, 6.07) is 0. The van der Waals surface area contributed by atoms with E-state index in [0.29, 0.717) is 0 Å². The largest absolute Gasteiger partial charge is 0.480 e. The number of hydrogen-bond donors (Lipinski definition) is 3. The number of aliphatic hydroxyl groups excluding tert-OH is 1. The summed E-state index contributed by atoms with van der Waals surface area (Å²) in [5.41, 5.74) is 0. The van der Waals surface area contributed by atoms with Crippen molar-refractivity contribution in [3.8, 4) is 0 Å². The van der Waals surface area contributed by atoms with E-state index in [2.05, 4.69) is 4.84 Å². The molecular weight excluding hydrogens is 217 g/mol. The van der Waals surface area contributed by atoms with Crippen LogP contribution in [-0.2, 0) is 14.4 Å². The van der Waals surface area contributed by atoms with Crippen LogP contribution in [0.25, 0.3) is 0 Å². The van der Waals surface area contributed by atoms with Crippen LogP contribution in [0.15, 0.2) is 0 Å². The Kier molecular flexibility index (Phi) is 6.63. The molecule has 0 heterocycles. The average molecular weight is 225 g/mol. The quantitative estimate of drug-likeness (QED) is 0.253. The molecule has 0 aliphatic carbocycles. The number of carboxylic acids is 2. The Labute approximate surface area is 87.1 Å². The van der Waals surface area contributed by atoms with Crippen molar-refractivity contribution in [2.75, 3.05) is 0 Å². The number of nitrogens with zero attached hydrogens (tertiary/aromatic N) is 1. The van der Waals surface area contributed by atoms with Crippen molar-refractivity contribution in [3.05, 3.63) is 10.1 Å².